The molecule has 0 saturated heterocycles. The molecule has 35 heavy (non-hydrogen) atoms. The van der Waals surface area contributed by atoms with E-state index in [9.17, 15) is 14.4 Å². The number of hydrogen-bond donors (Lipinski definition) is 3. The Balaban J connectivity index is 1.49. The van der Waals surface area contributed by atoms with Gasteiger partial charge in [-0.15, -0.1) is 0 Å². The highest BCUT2D eigenvalue weighted by atomic mass is 35.5. The molecular formula is C24H19Cl3N4O4. The first-order valence-electron chi connectivity index (χ1n) is 10.6. The third-order valence-electron chi connectivity index (χ3n) is 5.41. The molecule has 0 fully saturated rings. The van der Waals surface area contributed by atoms with Crippen molar-refractivity contribution in [1.29, 1.82) is 0 Å². The van der Waals surface area contributed by atoms with Crippen molar-refractivity contribution in [2.45, 2.75) is 26.2 Å². The molecule has 4 rings (SSSR count). The lowest BCUT2D eigenvalue weighted by Gasteiger charge is -2.13. The van der Waals surface area contributed by atoms with E-state index in [0.717, 1.165) is 6.42 Å². The van der Waals surface area contributed by atoms with Crippen LogP contribution in [0.25, 0.3) is 0 Å². The summed E-state index contributed by atoms with van der Waals surface area (Å²) in [7, 11) is 0. The van der Waals surface area contributed by atoms with Crippen molar-refractivity contribution in [3.63, 3.8) is 0 Å². The molecule has 0 unspecified atom stereocenters. The maximum absolute atomic E-state index is 12.8. The number of fused-ring (bicyclic) bond motifs is 1. The normalized spacial score (nSPS) is 13.8. The molecule has 11 heteroatoms. The predicted octanol–water partition coefficient (Wildman–Crippen LogP) is 5.09. The quantitative estimate of drug-likeness (QED) is 0.405. The Morgan fingerprint density at radius 1 is 0.886 bits per heavy atom. The van der Waals surface area contributed by atoms with Crippen molar-refractivity contribution in [2.75, 3.05) is 0 Å². The number of hydrazine groups is 1. The Hall–Kier alpha value is -3.33. The van der Waals surface area contributed by atoms with Crippen LogP contribution in [0.3, 0.4) is 0 Å². The molecule has 0 aliphatic heterocycles. The van der Waals surface area contributed by atoms with E-state index in [-0.39, 0.29) is 16.3 Å². The van der Waals surface area contributed by atoms with Crippen molar-refractivity contribution in [3.8, 4) is 0 Å². The van der Waals surface area contributed by atoms with Crippen LogP contribution in [0.4, 0.5) is 0 Å². The van der Waals surface area contributed by atoms with Gasteiger partial charge in [0.2, 0.25) is 0 Å². The number of benzene rings is 2. The molecule has 0 bridgehead atoms. The van der Waals surface area contributed by atoms with Gasteiger partial charge in [-0.05, 0) is 50.1 Å². The zero-order chi connectivity index (χ0) is 25.1. The first-order valence-corrected chi connectivity index (χ1v) is 11.7. The standard InChI is InChI=1S/C24H19Cl3N4O4/c1-12-20-18(28-29-22(32)14-5-2-3-6-16(14)26)7-4-8-19(20)35-21(12)24(34)31-30-23(33)15-10-9-13(25)11-17(15)27/h2-3,5-6,9-11H,4,7-8H2,1H3,(H,29,32)(H,30,33)(H,31,34)/b28-18+. The number of nitrogens with one attached hydrogen (secondary N) is 3. The number of rotatable bonds is 4. The minimum atomic E-state index is -0.644. The van der Waals surface area contributed by atoms with Gasteiger partial charge in [0, 0.05) is 22.6 Å². The minimum Gasteiger partial charge on any atom is -0.455 e. The van der Waals surface area contributed by atoms with Gasteiger partial charge in [0.25, 0.3) is 11.8 Å². The number of carbonyl (C=O) groups is 3. The van der Waals surface area contributed by atoms with E-state index >= 15 is 0 Å². The number of furan rings is 1. The lowest BCUT2D eigenvalue weighted by atomic mass is 9.93. The number of hydrazone groups is 1. The van der Waals surface area contributed by atoms with E-state index in [4.69, 9.17) is 39.2 Å². The third-order valence-corrected chi connectivity index (χ3v) is 6.29. The highest BCUT2D eigenvalue weighted by molar-refractivity contribution is 6.36. The van der Waals surface area contributed by atoms with E-state index in [1.165, 1.54) is 18.2 Å². The van der Waals surface area contributed by atoms with Crippen LogP contribution in [0, 0.1) is 6.92 Å². The van der Waals surface area contributed by atoms with Crippen LogP contribution in [0.2, 0.25) is 15.1 Å². The molecule has 180 valence electrons. The summed E-state index contributed by atoms with van der Waals surface area (Å²) in [6, 6.07) is 11.0. The Kier molecular flexibility index (Phi) is 7.45. The molecule has 3 N–H and O–H groups in total. The maximum Gasteiger partial charge on any atom is 0.305 e. The van der Waals surface area contributed by atoms with Crippen molar-refractivity contribution in [2.24, 2.45) is 5.10 Å². The first kappa shape index (κ1) is 24.8. The highest BCUT2D eigenvalue weighted by Gasteiger charge is 2.28. The summed E-state index contributed by atoms with van der Waals surface area (Å²) < 4.78 is 5.80. The Labute approximate surface area is 215 Å². The van der Waals surface area contributed by atoms with Gasteiger partial charge in [-0.3, -0.25) is 25.2 Å². The number of halogens is 3. The zero-order valence-corrected chi connectivity index (χ0v) is 20.6. The average Bonchev–Trinajstić information content (AvgIpc) is 3.18. The fraction of sp³-hybridized carbons (Fsp3) is 0.167. The summed E-state index contributed by atoms with van der Waals surface area (Å²) in [6.07, 6.45) is 1.92. The summed E-state index contributed by atoms with van der Waals surface area (Å²) in [4.78, 5) is 37.6. The monoisotopic (exact) mass is 532 g/mol. The second-order valence-corrected chi connectivity index (χ2v) is 8.97. The van der Waals surface area contributed by atoms with Crippen LogP contribution in [0.1, 0.15) is 61.0 Å². The first-order chi connectivity index (χ1) is 16.8. The van der Waals surface area contributed by atoms with Gasteiger partial charge >= 0.3 is 5.91 Å². The van der Waals surface area contributed by atoms with E-state index in [2.05, 4.69) is 21.4 Å². The Morgan fingerprint density at radius 2 is 1.60 bits per heavy atom. The number of carbonyl (C=O) groups excluding carboxylic acids is 3. The molecule has 0 radical (unpaired) electrons. The zero-order valence-electron chi connectivity index (χ0n) is 18.4. The number of nitrogens with zero attached hydrogens (tertiary/aromatic N) is 1. The van der Waals surface area contributed by atoms with Gasteiger partial charge in [0.15, 0.2) is 5.76 Å². The molecule has 0 spiro atoms. The fourth-order valence-corrected chi connectivity index (χ4v) is 4.45. The fourth-order valence-electron chi connectivity index (χ4n) is 3.73. The Morgan fingerprint density at radius 3 is 2.34 bits per heavy atom. The largest absolute Gasteiger partial charge is 0.455 e. The molecule has 0 atom stereocenters. The number of aryl methyl sites for hydroxylation is 1. The molecule has 1 aromatic heterocycles. The van der Waals surface area contributed by atoms with Crippen molar-refractivity contribution in [3.05, 3.63) is 91.3 Å². The van der Waals surface area contributed by atoms with Gasteiger partial charge in [-0.2, -0.15) is 5.10 Å². The van der Waals surface area contributed by atoms with E-state index in [0.29, 0.717) is 51.0 Å². The smallest absolute Gasteiger partial charge is 0.305 e. The van der Waals surface area contributed by atoms with Crippen LogP contribution < -0.4 is 16.3 Å². The average molecular weight is 534 g/mol. The van der Waals surface area contributed by atoms with E-state index < -0.39 is 17.7 Å². The van der Waals surface area contributed by atoms with Gasteiger partial charge in [0.05, 0.1) is 26.9 Å². The van der Waals surface area contributed by atoms with E-state index in [1.54, 1.807) is 31.2 Å². The van der Waals surface area contributed by atoms with E-state index in [1.807, 2.05) is 0 Å². The predicted molar refractivity (Wildman–Crippen MR) is 133 cm³/mol. The summed E-state index contributed by atoms with van der Waals surface area (Å²) in [5, 5.41) is 5.12. The SMILES string of the molecule is Cc1c(C(=O)NNC(=O)c2ccc(Cl)cc2Cl)oc2c1/C(=N/NC(=O)c1ccccc1Cl)CCC2. The molecule has 1 aliphatic rings. The minimum absolute atomic E-state index is 0.0320. The van der Waals surface area contributed by atoms with Gasteiger partial charge in [-0.1, -0.05) is 46.9 Å². The molecular weight excluding hydrogens is 515 g/mol. The Bertz CT molecular complexity index is 1370. The molecule has 1 heterocycles. The highest BCUT2D eigenvalue weighted by Crippen LogP contribution is 2.30. The molecule has 0 saturated carbocycles. The summed E-state index contributed by atoms with van der Waals surface area (Å²) in [6.45, 7) is 1.71. The number of amides is 3. The number of hydrogen-bond acceptors (Lipinski definition) is 5. The lowest BCUT2D eigenvalue weighted by molar-refractivity contribution is 0.0829. The van der Waals surface area contributed by atoms with Crippen molar-refractivity contribution >= 4 is 58.2 Å². The molecule has 2 aromatic carbocycles. The molecule has 3 amide bonds. The second kappa shape index (κ2) is 10.5. The van der Waals surface area contributed by atoms with Crippen LogP contribution >= 0.6 is 34.8 Å². The van der Waals surface area contributed by atoms with Gasteiger partial charge in [-0.25, -0.2) is 5.43 Å². The van der Waals surface area contributed by atoms with Gasteiger partial charge in [0.1, 0.15) is 5.76 Å². The summed E-state index contributed by atoms with van der Waals surface area (Å²) >= 11 is 18.0. The van der Waals surface area contributed by atoms with Crippen LogP contribution in [0.15, 0.2) is 52.0 Å². The molecule has 1 aliphatic carbocycles. The summed E-state index contributed by atoms with van der Waals surface area (Å²) in [5.74, 6) is -1.09. The third kappa shape index (κ3) is 5.35. The second-order valence-electron chi connectivity index (χ2n) is 7.72. The van der Waals surface area contributed by atoms with Crippen LogP contribution in [-0.2, 0) is 6.42 Å². The lowest BCUT2D eigenvalue weighted by Crippen LogP contribution is -2.41. The van der Waals surface area contributed by atoms with Crippen molar-refractivity contribution in [1.82, 2.24) is 16.3 Å². The van der Waals surface area contributed by atoms with Crippen LogP contribution in [-0.4, -0.2) is 23.4 Å². The van der Waals surface area contributed by atoms with Crippen LogP contribution in [0.5, 0.6) is 0 Å². The van der Waals surface area contributed by atoms with Crippen molar-refractivity contribution < 1.29 is 18.8 Å². The molecule has 3 aromatic rings. The maximum atomic E-state index is 12.8. The topological polar surface area (TPSA) is 113 Å². The van der Waals surface area contributed by atoms with Gasteiger partial charge < -0.3 is 4.42 Å². The summed E-state index contributed by atoms with van der Waals surface area (Å²) in [5.41, 5.74) is 9.41. The molecule has 8 nitrogen and oxygen atoms in total.